The molecule has 0 spiro atoms. The van der Waals surface area contributed by atoms with Crippen LogP contribution in [0.25, 0.3) is 0 Å². The normalized spacial score (nSPS) is 12.9. The van der Waals surface area contributed by atoms with Crippen molar-refractivity contribution in [3.05, 3.63) is 34.2 Å². The quantitative estimate of drug-likeness (QED) is 0.657. The third kappa shape index (κ3) is 2.61. The third-order valence-electron chi connectivity index (χ3n) is 1.97. The Bertz CT molecular complexity index is 412. The Labute approximate surface area is 85.3 Å². The van der Waals surface area contributed by atoms with E-state index in [4.69, 9.17) is 0 Å². The molecule has 0 aliphatic heterocycles. The van der Waals surface area contributed by atoms with Gasteiger partial charge in [-0.2, -0.15) is 13.2 Å². The van der Waals surface area contributed by atoms with E-state index in [1.807, 2.05) is 0 Å². The lowest BCUT2D eigenvalue weighted by molar-refractivity contribution is -0.137. The molecular formula is C10H12F3NO. The smallest absolute Gasteiger partial charge is 0.310 e. The fraction of sp³-hybridized carbons (Fsp3) is 0.500. The first-order valence-electron chi connectivity index (χ1n) is 4.43. The van der Waals surface area contributed by atoms with E-state index < -0.39 is 22.8 Å². The van der Waals surface area contributed by atoms with Gasteiger partial charge in [-0.3, -0.25) is 4.79 Å². The van der Waals surface area contributed by atoms with E-state index in [0.717, 1.165) is 6.07 Å². The zero-order chi connectivity index (χ0) is 11.9. The number of rotatable bonds is 0. The van der Waals surface area contributed by atoms with Crippen molar-refractivity contribution in [2.24, 2.45) is 0 Å². The maximum atomic E-state index is 12.2. The van der Waals surface area contributed by atoms with Crippen molar-refractivity contribution in [2.75, 3.05) is 0 Å². The van der Waals surface area contributed by atoms with Crippen LogP contribution in [0, 0.1) is 0 Å². The standard InChI is InChI=1S/C10H12F3NO/c1-9(2,3)14-5-4-7(6-8(14)15)10(11,12)13/h4-6H,1-3H3. The second kappa shape index (κ2) is 3.40. The second-order valence-corrected chi connectivity index (χ2v) is 4.29. The molecule has 0 saturated heterocycles. The van der Waals surface area contributed by atoms with Crippen LogP contribution in [0.4, 0.5) is 13.2 Å². The van der Waals surface area contributed by atoms with E-state index in [-0.39, 0.29) is 0 Å². The molecule has 0 N–H and O–H groups in total. The predicted molar refractivity (Wildman–Crippen MR) is 50.7 cm³/mol. The second-order valence-electron chi connectivity index (χ2n) is 4.29. The summed E-state index contributed by atoms with van der Waals surface area (Å²) in [7, 11) is 0. The summed E-state index contributed by atoms with van der Waals surface area (Å²) in [5, 5.41) is 0. The fourth-order valence-electron chi connectivity index (χ4n) is 1.21. The van der Waals surface area contributed by atoms with Gasteiger partial charge in [-0.05, 0) is 26.8 Å². The average Bonchev–Trinajstić information content (AvgIpc) is 1.99. The molecule has 5 heteroatoms. The lowest BCUT2D eigenvalue weighted by atomic mass is 10.1. The van der Waals surface area contributed by atoms with Gasteiger partial charge in [-0.15, -0.1) is 0 Å². The zero-order valence-electron chi connectivity index (χ0n) is 8.72. The summed E-state index contributed by atoms with van der Waals surface area (Å²) in [6.45, 7) is 5.25. The molecule has 1 heterocycles. The maximum Gasteiger partial charge on any atom is 0.416 e. The Morgan fingerprint density at radius 1 is 1.20 bits per heavy atom. The molecule has 1 rings (SSSR count). The molecule has 0 aromatic carbocycles. The first-order valence-corrected chi connectivity index (χ1v) is 4.43. The number of pyridine rings is 1. The fourth-order valence-corrected chi connectivity index (χ4v) is 1.21. The molecule has 1 aromatic rings. The Kier molecular flexibility index (Phi) is 2.67. The highest BCUT2D eigenvalue weighted by Gasteiger charge is 2.31. The van der Waals surface area contributed by atoms with Crippen molar-refractivity contribution in [2.45, 2.75) is 32.5 Å². The van der Waals surface area contributed by atoms with E-state index in [9.17, 15) is 18.0 Å². The van der Waals surface area contributed by atoms with Crippen LogP contribution in [0.1, 0.15) is 26.3 Å². The van der Waals surface area contributed by atoms with Crippen LogP contribution < -0.4 is 5.56 Å². The van der Waals surface area contributed by atoms with Crippen LogP contribution in [-0.2, 0) is 11.7 Å². The van der Waals surface area contributed by atoms with E-state index >= 15 is 0 Å². The molecule has 0 radical (unpaired) electrons. The minimum Gasteiger partial charge on any atom is -0.310 e. The van der Waals surface area contributed by atoms with Crippen molar-refractivity contribution in [3.8, 4) is 0 Å². The van der Waals surface area contributed by atoms with Crippen LogP contribution in [-0.4, -0.2) is 4.57 Å². The minimum atomic E-state index is -4.46. The highest BCUT2D eigenvalue weighted by molar-refractivity contribution is 5.15. The van der Waals surface area contributed by atoms with Crippen LogP contribution in [0.3, 0.4) is 0 Å². The monoisotopic (exact) mass is 219 g/mol. The van der Waals surface area contributed by atoms with Gasteiger partial charge in [0.15, 0.2) is 0 Å². The summed E-state index contributed by atoms with van der Waals surface area (Å²) in [5.74, 6) is 0. The highest BCUT2D eigenvalue weighted by Crippen LogP contribution is 2.28. The zero-order valence-corrected chi connectivity index (χ0v) is 8.72. The molecule has 0 aliphatic carbocycles. The van der Waals surface area contributed by atoms with E-state index in [0.29, 0.717) is 6.07 Å². The predicted octanol–water partition coefficient (Wildman–Crippen LogP) is 2.62. The van der Waals surface area contributed by atoms with Gasteiger partial charge >= 0.3 is 6.18 Å². The largest absolute Gasteiger partial charge is 0.416 e. The van der Waals surface area contributed by atoms with Gasteiger partial charge in [-0.25, -0.2) is 0 Å². The summed E-state index contributed by atoms with van der Waals surface area (Å²) in [5.41, 5.74) is -2.06. The van der Waals surface area contributed by atoms with Gasteiger partial charge in [0.1, 0.15) is 0 Å². The van der Waals surface area contributed by atoms with Crippen LogP contribution in [0.15, 0.2) is 23.1 Å². The topological polar surface area (TPSA) is 22.0 Å². The molecule has 0 amide bonds. The van der Waals surface area contributed by atoms with Crippen LogP contribution in [0.5, 0.6) is 0 Å². The van der Waals surface area contributed by atoms with E-state index in [2.05, 4.69) is 0 Å². The van der Waals surface area contributed by atoms with Gasteiger partial charge in [-0.1, -0.05) is 0 Å². The summed E-state index contributed by atoms with van der Waals surface area (Å²) < 4.78 is 38.0. The Morgan fingerprint density at radius 2 is 1.73 bits per heavy atom. The molecule has 1 aromatic heterocycles. The SMILES string of the molecule is CC(C)(C)n1ccc(C(F)(F)F)cc1=O. The molecule has 0 saturated carbocycles. The molecule has 0 fully saturated rings. The number of aromatic nitrogens is 1. The molecule has 2 nitrogen and oxygen atoms in total. The van der Waals surface area contributed by atoms with E-state index in [1.54, 1.807) is 20.8 Å². The first kappa shape index (κ1) is 11.8. The summed E-state index contributed by atoms with van der Waals surface area (Å²) in [6.07, 6.45) is -3.29. The lowest BCUT2D eigenvalue weighted by Gasteiger charge is -2.22. The lowest BCUT2D eigenvalue weighted by Crippen LogP contribution is -2.33. The van der Waals surface area contributed by atoms with Gasteiger partial charge in [0.25, 0.3) is 5.56 Å². The third-order valence-corrected chi connectivity index (χ3v) is 1.97. The molecule has 0 aliphatic rings. The average molecular weight is 219 g/mol. The van der Waals surface area contributed by atoms with Gasteiger partial charge < -0.3 is 4.57 Å². The van der Waals surface area contributed by atoms with Gasteiger partial charge in [0.05, 0.1) is 5.56 Å². The Hall–Kier alpha value is -1.26. The van der Waals surface area contributed by atoms with Crippen molar-refractivity contribution in [1.82, 2.24) is 4.57 Å². The first-order chi connectivity index (χ1) is 6.62. The molecular weight excluding hydrogens is 207 g/mol. The molecule has 15 heavy (non-hydrogen) atoms. The number of nitrogens with zero attached hydrogens (tertiary/aromatic N) is 1. The Morgan fingerprint density at radius 3 is 2.07 bits per heavy atom. The molecule has 0 atom stereocenters. The molecule has 0 bridgehead atoms. The maximum absolute atomic E-state index is 12.2. The number of alkyl halides is 3. The van der Waals surface area contributed by atoms with Crippen LogP contribution in [0.2, 0.25) is 0 Å². The van der Waals surface area contributed by atoms with Gasteiger partial charge in [0.2, 0.25) is 0 Å². The molecule has 0 unspecified atom stereocenters. The molecule has 84 valence electrons. The Balaban J connectivity index is 3.28. The summed E-state index contributed by atoms with van der Waals surface area (Å²) in [4.78, 5) is 11.4. The van der Waals surface area contributed by atoms with Crippen molar-refractivity contribution in [1.29, 1.82) is 0 Å². The summed E-state index contributed by atoms with van der Waals surface area (Å²) >= 11 is 0. The highest BCUT2D eigenvalue weighted by atomic mass is 19.4. The number of hydrogen-bond acceptors (Lipinski definition) is 1. The van der Waals surface area contributed by atoms with Crippen molar-refractivity contribution in [3.63, 3.8) is 0 Å². The van der Waals surface area contributed by atoms with Crippen molar-refractivity contribution >= 4 is 0 Å². The van der Waals surface area contributed by atoms with Crippen molar-refractivity contribution < 1.29 is 13.2 Å². The van der Waals surface area contributed by atoms with Gasteiger partial charge in [0, 0.05) is 17.8 Å². The minimum absolute atomic E-state index is 0.513. The number of halogens is 3. The van der Waals surface area contributed by atoms with Crippen LogP contribution >= 0.6 is 0 Å². The van der Waals surface area contributed by atoms with E-state index in [1.165, 1.54) is 10.8 Å². The summed E-state index contributed by atoms with van der Waals surface area (Å²) in [6, 6.07) is 1.53. The number of hydrogen-bond donors (Lipinski definition) is 0.